The Labute approximate surface area is 107 Å². The minimum Gasteiger partial charge on any atom is -0.361 e. The van der Waals surface area contributed by atoms with Crippen LogP contribution >= 0.6 is 0 Å². The number of aryl methyl sites for hydroxylation is 1. The Morgan fingerprint density at radius 1 is 1.28 bits per heavy atom. The maximum atomic E-state index is 9.65. The zero-order valence-corrected chi connectivity index (χ0v) is 10.6. The molecule has 0 saturated carbocycles. The molecule has 92 valence electrons. The summed E-state index contributed by atoms with van der Waals surface area (Å²) < 4.78 is 0. The quantitative estimate of drug-likeness (QED) is 0.803. The van der Waals surface area contributed by atoms with Crippen LogP contribution in [0.1, 0.15) is 24.0 Å². The second kappa shape index (κ2) is 4.15. The predicted molar refractivity (Wildman–Crippen MR) is 72.4 cm³/mol. The van der Waals surface area contributed by atoms with Crippen molar-refractivity contribution in [3.05, 3.63) is 35.5 Å². The van der Waals surface area contributed by atoms with Gasteiger partial charge in [-0.05, 0) is 44.0 Å². The number of rotatable bonds is 1. The van der Waals surface area contributed by atoms with Crippen molar-refractivity contribution in [3.8, 4) is 6.07 Å². The molecule has 3 heteroatoms. The maximum Gasteiger partial charge on any atom is 0.0867 e. The Bertz CT molecular complexity index is 612. The van der Waals surface area contributed by atoms with Crippen LogP contribution in [0.25, 0.3) is 10.9 Å². The fourth-order valence-electron chi connectivity index (χ4n) is 3.00. The van der Waals surface area contributed by atoms with Crippen LogP contribution in [0.5, 0.6) is 0 Å². The van der Waals surface area contributed by atoms with Gasteiger partial charge in [0, 0.05) is 17.1 Å². The first-order valence-electron chi connectivity index (χ1n) is 6.46. The van der Waals surface area contributed by atoms with Crippen molar-refractivity contribution in [2.45, 2.75) is 25.2 Å². The van der Waals surface area contributed by atoms with E-state index in [0.29, 0.717) is 0 Å². The molecule has 1 aromatic heterocycles. The van der Waals surface area contributed by atoms with Crippen molar-refractivity contribution in [3.63, 3.8) is 0 Å². The SMILES string of the molecule is Cc1cccc2c(C3(C#N)CCNCC3)c[nH]c12. The number of hydrogen-bond donors (Lipinski definition) is 2. The predicted octanol–water partition coefficient (Wildman–Crippen LogP) is 2.62. The number of piperidine rings is 1. The van der Waals surface area contributed by atoms with Gasteiger partial charge in [-0.3, -0.25) is 0 Å². The number of para-hydroxylation sites is 1. The van der Waals surface area contributed by atoms with Gasteiger partial charge in [0.05, 0.1) is 11.5 Å². The molecule has 0 aliphatic carbocycles. The van der Waals surface area contributed by atoms with Crippen LogP contribution in [-0.2, 0) is 5.41 Å². The fraction of sp³-hybridized carbons (Fsp3) is 0.400. The highest BCUT2D eigenvalue weighted by molar-refractivity contribution is 5.87. The highest BCUT2D eigenvalue weighted by atomic mass is 14.9. The zero-order chi connectivity index (χ0) is 12.6. The molecule has 1 fully saturated rings. The van der Waals surface area contributed by atoms with E-state index in [1.807, 2.05) is 6.20 Å². The maximum absolute atomic E-state index is 9.65. The van der Waals surface area contributed by atoms with Gasteiger partial charge in [-0.15, -0.1) is 0 Å². The van der Waals surface area contributed by atoms with Crippen molar-refractivity contribution >= 4 is 10.9 Å². The summed E-state index contributed by atoms with van der Waals surface area (Å²) in [5, 5.41) is 14.2. The molecule has 1 aliphatic rings. The third-order valence-corrected chi connectivity index (χ3v) is 4.11. The van der Waals surface area contributed by atoms with Crippen LogP contribution < -0.4 is 5.32 Å². The van der Waals surface area contributed by atoms with Crippen LogP contribution in [0.3, 0.4) is 0 Å². The Morgan fingerprint density at radius 3 is 2.78 bits per heavy atom. The number of H-pyrrole nitrogens is 1. The van der Waals surface area contributed by atoms with Crippen molar-refractivity contribution in [1.82, 2.24) is 10.3 Å². The normalized spacial score (nSPS) is 18.7. The highest BCUT2D eigenvalue weighted by Crippen LogP contribution is 2.37. The molecule has 0 amide bonds. The van der Waals surface area contributed by atoms with Crippen LogP contribution in [0, 0.1) is 18.3 Å². The molecule has 1 saturated heterocycles. The average molecular weight is 239 g/mol. The lowest BCUT2D eigenvalue weighted by Crippen LogP contribution is -2.38. The Kier molecular flexibility index (Phi) is 2.61. The first-order chi connectivity index (χ1) is 8.77. The van der Waals surface area contributed by atoms with Gasteiger partial charge < -0.3 is 10.3 Å². The Hall–Kier alpha value is -1.79. The Morgan fingerprint density at radius 2 is 2.06 bits per heavy atom. The fourth-order valence-corrected chi connectivity index (χ4v) is 3.00. The monoisotopic (exact) mass is 239 g/mol. The summed E-state index contributed by atoms with van der Waals surface area (Å²) in [4.78, 5) is 3.34. The van der Waals surface area contributed by atoms with E-state index >= 15 is 0 Å². The van der Waals surface area contributed by atoms with E-state index in [1.165, 1.54) is 22.0 Å². The van der Waals surface area contributed by atoms with Crippen LogP contribution in [0.15, 0.2) is 24.4 Å². The Balaban J connectivity index is 2.19. The topological polar surface area (TPSA) is 51.6 Å². The molecule has 2 N–H and O–H groups in total. The molecule has 18 heavy (non-hydrogen) atoms. The molecule has 1 aromatic carbocycles. The minimum absolute atomic E-state index is 0.322. The van der Waals surface area contributed by atoms with Crippen molar-refractivity contribution in [2.24, 2.45) is 0 Å². The molecule has 0 unspecified atom stereocenters. The number of nitrogens with zero attached hydrogens (tertiary/aromatic N) is 1. The highest BCUT2D eigenvalue weighted by Gasteiger charge is 2.36. The number of aromatic nitrogens is 1. The summed E-state index contributed by atoms with van der Waals surface area (Å²) in [5.74, 6) is 0. The number of nitrogens with one attached hydrogen (secondary N) is 2. The van der Waals surface area contributed by atoms with Gasteiger partial charge in [0.25, 0.3) is 0 Å². The van der Waals surface area contributed by atoms with Crippen LogP contribution in [-0.4, -0.2) is 18.1 Å². The summed E-state index contributed by atoms with van der Waals surface area (Å²) in [6, 6.07) is 8.86. The zero-order valence-electron chi connectivity index (χ0n) is 10.6. The van der Waals surface area contributed by atoms with E-state index in [4.69, 9.17) is 0 Å². The van der Waals surface area contributed by atoms with Gasteiger partial charge in [-0.1, -0.05) is 18.2 Å². The van der Waals surface area contributed by atoms with E-state index < -0.39 is 0 Å². The third kappa shape index (κ3) is 1.53. The van der Waals surface area contributed by atoms with Crippen LogP contribution in [0.2, 0.25) is 0 Å². The number of nitriles is 1. The van der Waals surface area contributed by atoms with E-state index in [2.05, 4.69) is 41.5 Å². The molecule has 2 heterocycles. The molecule has 1 aliphatic heterocycles. The van der Waals surface area contributed by atoms with Gasteiger partial charge in [-0.25, -0.2) is 0 Å². The average Bonchev–Trinajstić information content (AvgIpc) is 2.85. The molecule has 3 nitrogen and oxygen atoms in total. The smallest absolute Gasteiger partial charge is 0.0867 e. The molecule has 0 radical (unpaired) electrons. The lowest BCUT2D eigenvalue weighted by atomic mass is 9.74. The third-order valence-electron chi connectivity index (χ3n) is 4.11. The van der Waals surface area contributed by atoms with Gasteiger partial charge in [0.1, 0.15) is 0 Å². The molecule has 0 bridgehead atoms. The molecule has 2 aromatic rings. The summed E-state index contributed by atoms with van der Waals surface area (Å²) >= 11 is 0. The number of fused-ring (bicyclic) bond motifs is 1. The second-order valence-electron chi connectivity index (χ2n) is 5.14. The number of aromatic amines is 1. The standard InChI is InChI=1S/C15H17N3/c1-11-3-2-4-12-13(9-18-14(11)12)15(10-16)5-7-17-8-6-15/h2-4,9,17-18H,5-8H2,1H3. The van der Waals surface area contributed by atoms with Crippen molar-refractivity contribution < 1.29 is 0 Å². The minimum atomic E-state index is -0.322. The van der Waals surface area contributed by atoms with E-state index in [0.717, 1.165) is 25.9 Å². The molecular weight excluding hydrogens is 222 g/mol. The number of benzene rings is 1. The van der Waals surface area contributed by atoms with Gasteiger partial charge in [0.2, 0.25) is 0 Å². The van der Waals surface area contributed by atoms with E-state index in [9.17, 15) is 5.26 Å². The molecule has 0 atom stereocenters. The molecule has 3 rings (SSSR count). The van der Waals surface area contributed by atoms with Gasteiger partial charge in [-0.2, -0.15) is 5.26 Å². The van der Waals surface area contributed by atoms with Crippen LogP contribution in [0.4, 0.5) is 0 Å². The molecule has 0 spiro atoms. The summed E-state index contributed by atoms with van der Waals surface area (Å²) in [7, 11) is 0. The lowest BCUT2D eigenvalue weighted by molar-refractivity contribution is 0.385. The lowest BCUT2D eigenvalue weighted by Gasteiger charge is -2.31. The van der Waals surface area contributed by atoms with Crippen molar-refractivity contribution in [2.75, 3.05) is 13.1 Å². The first kappa shape index (κ1) is 11.3. The second-order valence-corrected chi connectivity index (χ2v) is 5.14. The van der Waals surface area contributed by atoms with E-state index in [1.54, 1.807) is 0 Å². The molecular formula is C15H17N3. The van der Waals surface area contributed by atoms with Gasteiger partial charge in [0.15, 0.2) is 0 Å². The summed E-state index contributed by atoms with van der Waals surface area (Å²) in [6.07, 6.45) is 3.82. The number of hydrogen-bond acceptors (Lipinski definition) is 2. The van der Waals surface area contributed by atoms with E-state index in [-0.39, 0.29) is 5.41 Å². The van der Waals surface area contributed by atoms with Gasteiger partial charge >= 0.3 is 0 Å². The van der Waals surface area contributed by atoms with Crippen molar-refractivity contribution in [1.29, 1.82) is 5.26 Å². The summed E-state index contributed by atoms with van der Waals surface area (Å²) in [6.45, 7) is 3.95. The largest absolute Gasteiger partial charge is 0.361 e. The summed E-state index contributed by atoms with van der Waals surface area (Å²) in [5.41, 5.74) is 3.25. The first-order valence-corrected chi connectivity index (χ1v) is 6.46.